The number of hydrogen-bond donors (Lipinski definition) is 2. The molecule has 0 bridgehead atoms. The molecule has 3 N–H and O–H groups in total. The second kappa shape index (κ2) is 4.79. The number of nitrogens with two attached hydrogens (primary N) is 1. The summed E-state index contributed by atoms with van der Waals surface area (Å²) in [6, 6.07) is 9.33. The average Bonchev–Trinajstić information content (AvgIpc) is 2.17. The third kappa shape index (κ3) is 3.38. The monoisotopic (exact) mass is 220 g/mol. The van der Waals surface area contributed by atoms with E-state index in [4.69, 9.17) is 5.73 Å². The van der Waals surface area contributed by atoms with Crippen LogP contribution in [0.3, 0.4) is 0 Å². The van der Waals surface area contributed by atoms with Gasteiger partial charge in [0.05, 0.1) is 6.42 Å². The Morgan fingerprint density at radius 2 is 1.81 bits per heavy atom. The fourth-order valence-corrected chi connectivity index (χ4v) is 1.24. The molecular weight excluding hydrogens is 204 g/mol. The molecule has 0 atom stereocenters. The highest BCUT2D eigenvalue weighted by Gasteiger charge is 2.26. The molecule has 0 heterocycles. The van der Waals surface area contributed by atoms with Gasteiger partial charge in [-0.25, -0.2) is 0 Å². The molecule has 0 radical (unpaired) electrons. The number of carbonyl (C=O) groups excluding carboxylic acids is 2. The van der Waals surface area contributed by atoms with Crippen molar-refractivity contribution in [3.8, 4) is 0 Å². The van der Waals surface area contributed by atoms with Crippen LogP contribution < -0.4 is 11.1 Å². The third-order valence-electron chi connectivity index (χ3n) is 2.28. The zero-order valence-electron chi connectivity index (χ0n) is 9.49. The highest BCUT2D eigenvalue weighted by Crippen LogP contribution is 2.03. The molecule has 16 heavy (non-hydrogen) atoms. The fraction of sp³-hybridized carbons (Fsp3) is 0.333. The summed E-state index contributed by atoms with van der Waals surface area (Å²) in [5, 5.41) is 2.59. The van der Waals surface area contributed by atoms with Crippen LogP contribution in [0.5, 0.6) is 0 Å². The van der Waals surface area contributed by atoms with Crippen molar-refractivity contribution in [3.05, 3.63) is 35.9 Å². The lowest BCUT2D eigenvalue weighted by Gasteiger charge is -2.22. The lowest BCUT2D eigenvalue weighted by atomic mass is 10.0. The van der Waals surface area contributed by atoms with Gasteiger partial charge in [0.25, 0.3) is 0 Å². The number of rotatable bonds is 4. The molecule has 1 aromatic carbocycles. The first-order valence-corrected chi connectivity index (χ1v) is 5.06. The third-order valence-corrected chi connectivity index (χ3v) is 2.28. The maximum absolute atomic E-state index is 11.6. The van der Waals surface area contributed by atoms with Gasteiger partial charge in [-0.2, -0.15) is 0 Å². The van der Waals surface area contributed by atoms with E-state index < -0.39 is 11.4 Å². The highest BCUT2D eigenvalue weighted by atomic mass is 16.2. The summed E-state index contributed by atoms with van der Waals surface area (Å²) in [6.07, 6.45) is 0.248. The van der Waals surface area contributed by atoms with Crippen LogP contribution >= 0.6 is 0 Å². The van der Waals surface area contributed by atoms with Crippen LogP contribution in [0.2, 0.25) is 0 Å². The molecular formula is C12H16N2O2. The molecule has 0 fully saturated rings. The number of carbonyl (C=O) groups is 2. The van der Waals surface area contributed by atoms with Gasteiger partial charge in [-0.05, 0) is 19.4 Å². The van der Waals surface area contributed by atoms with E-state index >= 15 is 0 Å². The lowest BCUT2D eigenvalue weighted by Crippen LogP contribution is -2.53. The Morgan fingerprint density at radius 1 is 1.25 bits per heavy atom. The van der Waals surface area contributed by atoms with Gasteiger partial charge in [0, 0.05) is 0 Å². The van der Waals surface area contributed by atoms with E-state index in [1.807, 2.05) is 30.3 Å². The molecule has 1 rings (SSSR count). The van der Waals surface area contributed by atoms with Gasteiger partial charge >= 0.3 is 0 Å². The predicted octanol–water partition coefficient (Wildman–Crippen LogP) is 0.609. The van der Waals surface area contributed by atoms with E-state index in [1.54, 1.807) is 13.8 Å². The van der Waals surface area contributed by atoms with Crippen LogP contribution in [0.4, 0.5) is 0 Å². The summed E-state index contributed by atoms with van der Waals surface area (Å²) in [5.74, 6) is -0.760. The Kier molecular flexibility index (Phi) is 3.66. The van der Waals surface area contributed by atoms with E-state index in [2.05, 4.69) is 5.32 Å². The Morgan fingerprint density at radius 3 is 2.31 bits per heavy atom. The molecule has 0 aliphatic carbocycles. The maximum atomic E-state index is 11.6. The van der Waals surface area contributed by atoms with Crippen LogP contribution in [-0.4, -0.2) is 17.4 Å². The number of primary amides is 1. The lowest BCUT2D eigenvalue weighted by molar-refractivity contribution is -0.130. The van der Waals surface area contributed by atoms with Crippen molar-refractivity contribution in [2.24, 2.45) is 5.73 Å². The Labute approximate surface area is 94.8 Å². The van der Waals surface area contributed by atoms with Gasteiger partial charge in [0.15, 0.2) is 0 Å². The first-order chi connectivity index (χ1) is 7.42. The SMILES string of the molecule is CC(C)(NC(=O)Cc1ccccc1)C(N)=O. The van der Waals surface area contributed by atoms with Crippen LogP contribution in [0.25, 0.3) is 0 Å². The van der Waals surface area contributed by atoms with Gasteiger partial charge in [-0.1, -0.05) is 30.3 Å². The summed E-state index contributed by atoms with van der Waals surface area (Å²) in [6.45, 7) is 3.16. The highest BCUT2D eigenvalue weighted by molar-refractivity contribution is 5.90. The van der Waals surface area contributed by atoms with Crippen LogP contribution in [-0.2, 0) is 16.0 Å². The van der Waals surface area contributed by atoms with Gasteiger partial charge in [0.2, 0.25) is 11.8 Å². The molecule has 0 saturated carbocycles. The largest absolute Gasteiger partial charge is 0.368 e. The van der Waals surface area contributed by atoms with Crippen molar-refractivity contribution in [2.45, 2.75) is 25.8 Å². The maximum Gasteiger partial charge on any atom is 0.242 e. The molecule has 0 saturated heterocycles. The second-order valence-corrected chi connectivity index (χ2v) is 4.20. The normalized spacial score (nSPS) is 10.9. The summed E-state index contributed by atoms with van der Waals surface area (Å²) in [7, 11) is 0. The van der Waals surface area contributed by atoms with E-state index in [9.17, 15) is 9.59 Å². The minimum absolute atomic E-state index is 0.213. The number of nitrogens with one attached hydrogen (secondary N) is 1. The van der Waals surface area contributed by atoms with Crippen molar-refractivity contribution >= 4 is 11.8 Å². The summed E-state index contributed by atoms with van der Waals surface area (Å²) in [4.78, 5) is 22.6. The molecule has 0 spiro atoms. The molecule has 0 unspecified atom stereocenters. The molecule has 86 valence electrons. The smallest absolute Gasteiger partial charge is 0.242 e. The topological polar surface area (TPSA) is 72.2 Å². The van der Waals surface area contributed by atoms with Crippen molar-refractivity contribution in [1.82, 2.24) is 5.32 Å². The first-order valence-electron chi connectivity index (χ1n) is 5.06. The Hall–Kier alpha value is -1.84. The summed E-state index contributed by atoms with van der Waals surface area (Å²) < 4.78 is 0. The van der Waals surface area contributed by atoms with Crippen molar-refractivity contribution in [1.29, 1.82) is 0 Å². The zero-order chi connectivity index (χ0) is 12.2. The van der Waals surface area contributed by atoms with Crippen molar-refractivity contribution in [2.75, 3.05) is 0 Å². The van der Waals surface area contributed by atoms with E-state index in [-0.39, 0.29) is 12.3 Å². The number of hydrogen-bond acceptors (Lipinski definition) is 2. The van der Waals surface area contributed by atoms with E-state index in [0.717, 1.165) is 5.56 Å². The Bertz CT molecular complexity index is 385. The second-order valence-electron chi connectivity index (χ2n) is 4.20. The quantitative estimate of drug-likeness (QED) is 0.780. The molecule has 0 aliphatic rings. The van der Waals surface area contributed by atoms with Gasteiger partial charge in [-0.15, -0.1) is 0 Å². The van der Waals surface area contributed by atoms with E-state index in [0.29, 0.717) is 0 Å². The molecule has 1 aromatic rings. The molecule has 4 nitrogen and oxygen atoms in total. The number of amides is 2. The van der Waals surface area contributed by atoms with Gasteiger partial charge < -0.3 is 11.1 Å². The van der Waals surface area contributed by atoms with Crippen molar-refractivity contribution < 1.29 is 9.59 Å². The number of benzene rings is 1. The molecule has 0 aliphatic heterocycles. The van der Waals surface area contributed by atoms with Crippen LogP contribution in [0.15, 0.2) is 30.3 Å². The first kappa shape index (κ1) is 12.2. The molecule has 2 amide bonds. The van der Waals surface area contributed by atoms with Crippen molar-refractivity contribution in [3.63, 3.8) is 0 Å². The zero-order valence-corrected chi connectivity index (χ0v) is 9.49. The van der Waals surface area contributed by atoms with Crippen LogP contribution in [0.1, 0.15) is 19.4 Å². The minimum Gasteiger partial charge on any atom is -0.368 e. The fourth-order valence-electron chi connectivity index (χ4n) is 1.24. The molecule has 0 aromatic heterocycles. The molecule has 4 heteroatoms. The predicted molar refractivity (Wildman–Crippen MR) is 61.6 cm³/mol. The summed E-state index contributed by atoms with van der Waals surface area (Å²) in [5.41, 5.74) is 5.05. The van der Waals surface area contributed by atoms with Gasteiger partial charge in [0.1, 0.15) is 5.54 Å². The average molecular weight is 220 g/mol. The van der Waals surface area contributed by atoms with E-state index in [1.165, 1.54) is 0 Å². The van der Waals surface area contributed by atoms with Gasteiger partial charge in [-0.3, -0.25) is 9.59 Å². The Balaban J connectivity index is 2.58. The minimum atomic E-state index is -1.01. The standard InChI is InChI=1S/C12H16N2O2/c1-12(2,11(13)16)14-10(15)8-9-6-4-3-5-7-9/h3-7H,8H2,1-2H3,(H2,13,16)(H,14,15). The van der Waals surface area contributed by atoms with Crippen LogP contribution in [0, 0.1) is 0 Å². The summed E-state index contributed by atoms with van der Waals surface area (Å²) >= 11 is 0.